The molecule has 0 aromatic heterocycles. The Labute approximate surface area is 141 Å². The van der Waals surface area contributed by atoms with Crippen LogP contribution in [-0.2, 0) is 0 Å². The van der Waals surface area contributed by atoms with Crippen LogP contribution in [0.3, 0.4) is 0 Å². The second-order valence-electron chi connectivity index (χ2n) is 4.86. The molecule has 6 heteroatoms. The molecule has 2 aromatic carbocycles. The summed E-state index contributed by atoms with van der Waals surface area (Å²) in [7, 11) is 3.18. The van der Waals surface area contributed by atoms with Gasteiger partial charge in [-0.25, -0.2) is 0 Å². The Bertz CT molecular complexity index is 627. The highest BCUT2D eigenvalue weighted by molar-refractivity contribution is 7.80. The lowest BCUT2D eigenvalue weighted by atomic mass is 10.1. The van der Waals surface area contributed by atoms with Crippen LogP contribution in [0, 0.1) is 0 Å². The number of methoxy groups -OCH3 is 2. The summed E-state index contributed by atoms with van der Waals surface area (Å²) < 4.78 is 10.4. The smallest absolute Gasteiger partial charge is 0.170 e. The predicted octanol–water partition coefficient (Wildman–Crippen LogP) is 2.72. The van der Waals surface area contributed by atoms with Gasteiger partial charge in [-0.05, 0) is 17.8 Å². The van der Waals surface area contributed by atoms with Gasteiger partial charge in [0.1, 0.15) is 11.5 Å². The molecule has 0 saturated heterocycles. The monoisotopic (exact) mass is 332 g/mol. The van der Waals surface area contributed by atoms with Crippen molar-refractivity contribution < 1.29 is 14.6 Å². The molecule has 0 aliphatic carbocycles. The van der Waals surface area contributed by atoms with Crippen LogP contribution in [0.15, 0.2) is 48.5 Å². The minimum atomic E-state index is -0.629. The van der Waals surface area contributed by atoms with E-state index in [0.29, 0.717) is 23.2 Å². The number of aliphatic hydroxyl groups is 1. The Morgan fingerprint density at radius 2 is 1.70 bits per heavy atom. The molecule has 2 rings (SSSR count). The van der Waals surface area contributed by atoms with E-state index in [1.54, 1.807) is 20.3 Å². The number of aliphatic hydroxyl groups excluding tert-OH is 1. The average Bonchev–Trinajstić information content (AvgIpc) is 2.60. The number of benzene rings is 2. The molecule has 0 amide bonds. The molecule has 0 heterocycles. The number of thiocarbonyl (C=S) groups is 1. The summed E-state index contributed by atoms with van der Waals surface area (Å²) in [5.41, 5.74) is 1.58. The van der Waals surface area contributed by atoms with Crippen LogP contribution in [0.25, 0.3) is 0 Å². The predicted molar refractivity (Wildman–Crippen MR) is 95.2 cm³/mol. The first kappa shape index (κ1) is 17.1. The first-order valence-electron chi connectivity index (χ1n) is 7.13. The van der Waals surface area contributed by atoms with Crippen molar-refractivity contribution in [2.24, 2.45) is 0 Å². The summed E-state index contributed by atoms with van der Waals surface area (Å²) in [6, 6.07) is 14.8. The molecule has 0 spiro atoms. The minimum absolute atomic E-state index is 0.316. The largest absolute Gasteiger partial charge is 0.497 e. The molecule has 0 fully saturated rings. The van der Waals surface area contributed by atoms with Crippen molar-refractivity contribution in [2.75, 3.05) is 26.1 Å². The van der Waals surface area contributed by atoms with Crippen molar-refractivity contribution in [1.29, 1.82) is 0 Å². The normalized spacial score (nSPS) is 11.4. The van der Waals surface area contributed by atoms with Crippen LogP contribution < -0.4 is 20.1 Å². The molecule has 3 N–H and O–H groups in total. The maximum Gasteiger partial charge on any atom is 0.170 e. The Morgan fingerprint density at radius 3 is 2.26 bits per heavy atom. The number of nitrogens with one attached hydrogen (secondary N) is 2. The van der Waals surface area contributed by atoms with Crippen molar-refractivity contribution >= 4 is 23.0 Å². The first-order valence-corrected chi connectivity index (χ1v) is 7.54. The van der Waals surface area contributed by atoms with Gasteiger partial charge in [0, 0.05) is 30.4 Å². The summed E-state index contributed by atoms with van der Waals surface area (Å²) in [4.78, 5) is 0. The van der Waals surface area contributed by atoms with Crippen LogP contribution in [0.4, 0.5) is 5.69 Å². The number of hydrogen-bond donors (Lipinski definition) is 3. The molecule has 0 radical (unpaired) electrons. The summed E-state index contributed by atoms with van der Waals surface area (Å²) in [6.45, 7) is 0.316. The van der Waals surface area contributed by atoms with E-state index in [0.717, 1.165) is 11.3 Å². The van der Waals surface area contributed by atoms with Crippen molar-refractivity contribution in [1.82, 2.24) is 5.32 Å². The zero-order valence-electron chi connectivity index (χ0n) is 13.1. The van der Waals surface area contributed by atoms with E-state index in [9.17, 15) is 5.11 Å². The molecule has 23 heavy (non-hydrogen) atoms. The van der Waals surface area contributed by atoms with Gasteiger partial charge in [0.2, 0.25) is 0 Å². The number of hydrogen-bond acceptors (Lipinski definition) is 4. The van der Waals surface area contributed by atoms with Crippen molar-refractivity contribution in [3.05, 3.63) is 54.1 Å². The zero-order chi connectivity index (χ0) is 16.7. The lowest BCUT2D eigenvalue weighted by molar-refractivity contribution is 0.181. The van der Waals surface area contributed by atoms with Crippen molar-refractivity contribution in [2.45, 2.75) is 6.10 Å². The highest BCUT2D eigenvalue weighted by Gasteiger charge is 2.08. The fourth-order valence-corrected chi connectivity index (χ4v) is 2.24. The summed E-state index contributed by atoms with van der Waals surface area (Å²) in [6.07, 6.45) is -0.629. The minimum Gasteiger partial charge on any atom is -0.497 e. The fourth-order valence-electron chi connectivity index (χ4n) is 2.04. The topological polar surface area (TPSA) is 62.8 Å². The van der Waals surface area contributed by atoms with Gasteiger partial charge in [-0.3, -0.25) is 0 Å². The molecule has 5 nitrogen and oxygen atoms in total. The Balaban J connectivity index is 1.92. The first-order chi connectivity index (χ1) is 11.1. The number of anilines is 1. The van der Waals surface area contributed by atoms with Gasteiger partial charge >= 0.3 is 0 Å². The van der Waals surface area contributed by atoms with E-state index < -0.39 is 6.10 Å². The molecule has 0 aliphatic heterocycles. The molecule has 0 aliphatic rings. The van der Waals surface area contributed by atoms with E-state index >= 15 is 0 Å². The summed E-state index contributed by atoms with van der Waals surface area (Å²) in [5.74, 6) is 1.33. The molecule has 1 atom stereocenters. The highest BCUT2D eigenvalue weighted by atomic mass is 32.1. The molecular weight excluding hydrogens is 312 g/mol. The molecule has 1 unspecified atom stereocenters. The number of rotatable bonds is 6. The maximum atomic E-state index is 10.1. The van der Waals surface area contributed by atoms with Crippen LogP contribution >= 0.6 is 12.2 Å². The Morgan fingerprint density at radius 1 is 1.09 bits per heavy atom. The molecule has 122 valence electrons. The van der Waals surface area contributed by atoms with E-state index in [1.807, 2.05) is 42.5 Å². The van der Waals surface area contributed by atoms with Gasteiger partial charge in [-0.1, -0.05) is 30.3 Å². The highest BCUT2D eigenvalue weighted by Crippen LogP contribution is 2.25. The molecule has 2 aromatic rings. The van der Waals surface area contributed by atoms with Gasteiger partial charge < -0.3 is 25.2 Å². The average molecular weight is 332 g/mol. The van der Waals surface area contributed by atoms with Crippen LogP contribution in [0.1, 0.15) is 11.7 Å². The Hall–Kier alpha value is -2.31. The van der Waals surface area contributed by atoms with Crippen LogP contribution in [0.2, 0.25) is 0 Å². The molecule has 0 bridgehead atoms. The quantitative estimate of drug-likeness (QED) is 0.707. The van der Waals surface area contributed by atoms with Crippen molar-refractivity contribution in [3.8, 4) is 11.5 Å². The van der Waals surface area contributed by atoms with Crippen LogP contribution in [-0.4, -0.2) is 31.0 Å². The SMILES string of the molecule is COc1cc(NC(=S)NCC(O)c2ccccc2)cc(OC)c1. The second kappa shape index (κ2) is 8.36. The lowest BCUT2D eigenvalue weighted by Gasteiger charge is -2.15. The van der Waals surface area contributed by atoms with Gasteiger partial charge in [0.05, 0.1) is 20.3 Å². The molecule has 0 saturated carbocycles. The fraction of sp³-hybridized carbons (Fsp3) is 0.235. The van der Waals surface area contributed by atoms with Crippen LogP contribution in [0.5, 0.6) is 11.5 Å². The summed E-state index contributed by atoms with van der Waals surface area (Å²) >= 11 is 5.25. The van der Waals surface area contributed by atoms with Gasteiger partial charge in [0.15, 0.2) is 5.11 Å². The zero-order valence-corrected chi connectivity index (χ0v) is 13.9. The third-order valence-electron chi connectivity index (χ3n) is 3.25. The summed E-state index contributed by atoms with van der Waals surface area (Å²) in [5, 5.41) is 16.6. The Kier molecular flexibility index (Phi) is 6.19. The maximum absolute atomic E-state index is 10.1. The van der Waals surface area contributed by atoms with E-state index in [1.165, 1.54) is 0 Å². The third kappa shape index (κ3) is 5.12. The van der Waals surface area contributed by atoms with Gasteiger partial charge in [-0.15, -0.1) is 0 Å². The lowest BCUT2D eigenvalue weighted by Crippen LogP contribution is -2.32. The van der Waals surface area contributed by atoms with Crippen molar-refractivity contribution in [3.63, 3.8) is 0 Å². The number of ether oxygens (including phenoxy) is 2. The van der Waals surface area contributed by atoms with Gasteiger partial charge in [0.25, 0.3) is 0 Å². The van der Waals surface area contributed by atoms with Gasteiger partial charge in [-0.2, -0.15) is 0 Å². The van der Waals surface area contributed by atoms with E-state index in [-0.39, 0.29) is 0 Å². The third-order valence-corrected chi connectivity index (χ3v) is 3.50. The molecular formula is C17H20N2O3S. The second-order valence-corrected chi connectivity index (χ2v) is 5.27. The van der Waals surface area contributed by atoms with E-state index in [2.05, 4.69) is 10.6 Å². The van der Waals surface area contributed by atoms with E-state index in [4.69, 9.17) is 21.7 Å². The standard InChI is InChI=1S/C17H20N2O3S/c1-21-14-8-13(9-15(10-14)22-2)19-17(23)18-11-16(20)12-6-4-3-5-7-12/h3-10,16,20H,11H2,1-2H3,(H2,18,19,23).